The Morgan fingerprint density at radius 1 is 1.03 bits per heavy atom. The number of fused-ring (bicyclic) bond motifs is 1. The molecule has 0 unspecified atom stereocenters. The van der Waals surface area contributed by atoms with Crippen molar-refractivity contribution in [2.24, 2.45) is 0 Å². The molecule has 0 spiro atoms. The van der Waals surface area contributed by atoms with E-state index in [4.69, 9.17) is 14.2 Å². The number of Topliss-reactive ketones (excluding diaryl/α,β-unsaturated/α-hetero) is 1. The highest BCUT2D eigenvalue weighted by Gasteiger charge is 2.17. The lowest BCUT2D eigenvalue weighted by atomic mass is 10.1. The van der Waals surface area contributed by atoms with Crippen molar-refractivity contribution in [3.8, 4) is 17.2 Å². The van der Waals surface area contributed by atoms with E-state index in [2.05, 4.69) is 10.4 Å². The van der Waals surface area contributed by atoms with E-state index in [1.807, 2.05) is 0 Å². The zero-order chi connectivity index (χ0) is 24.1. The van der Waals surface area contributed by atoms with Gasteiger partial charge in [0, 0.05) is 18.1 Å². The number of carbonyl (C=O) groups is 3. The largest absolute Gasteiger partial charge is 0.486 e. The standard InChI is InChI=1S/C24H22FN3O6/c1-15-12-22(28(27-15)18-5-3-17(25)4-6-18)26-23(30)14-34-24(31)9-7-19(29)16-2-8-20-21(13-16)33-11-10-32-20/h2-6,8,12-13H,7,9-11,14H2,1H3,(H,26,30). The molecular formula is C24H22FN3O6. The lowest BCUT2D eigenvalue weighted by Crippen LogP contribution is -2.22. The van der Waals surface area contributed by atoms with Crippen molar-refractivity contribution in [2.45, 2.75) is 19.8 Å². The summed E-state index contributed by atoms with van der Waals surface area (Å²) in [6.45, 7) is 2.08. The molecule has 1 amide bonds. The lowest BCUT2D eigenvalue weighted by Gasteiger charge is -2.18. The maximum atomic E-state index is 13.2. The summed E-state index contributed by atoms with van der Waals surface area (Å²) in [7, 11) is 0. The van der Waals surface area contributed by atoms with Crippen molar-refractivity contribution >= 4 is 23.5 Å². The molecule has 0 atom stereocenters. The van der Waals surface area contributed by atoms with Crippen LogP contribution in [0.5, 0.6) is 11.5 Å². The molecule has 9 nitrogen and oxygen atoms in total. The summed E-state index contributed by atoms with van der Waals surface area (Å²) in [5.41, 5.74) is 1.59. The highest BCUT2D eigenvalue weighted by molar-refractivity contribution is 5.98. The van der Waals surface area contributed by atoms with Crippen molar-refractivity contribution < 1.29 is 33.0 Å². The number of rotatable bonds is 8. The first-order chi connectivity index (χ1) is 16.4. The van der Waals surface area contributed by atoms with Crippen LogP contribution in [0.3, 0.4) is 0 Å². The molecule has 176 valence electrons. The second-order valence-electron chi connectivity index (χ2n) is 7.55. The van der Waals surface area contributed by atoms with E-state index in [1.165, 1.54) is 28.9 Å². The molecule has 2 aromatic carbocycles. The number of esters is 1. The second-order valence-corrected chi connectivity index (χ2v) is 7.55. The molecule has 0 radical (unpaired) electrons. The fourth-order valence-corrected chi connectivity index (χ4v) is 3.34. The Labute approximate surface area is 194 Å². The third-order valence-corrected chi connectivity index (χ3v) is 4.95. The van der Waals surface area contributed by atoms with Gasteiger partial charge >= 0.3 is 5.97 Å². The summed E-state index contributed by atoms with van der Waals surface area (Å²) >= 11 is 0. The van der Waals surface area contributed by atoms with Crippen molar-refractivity contribution in [1.82, 2.24) is 9.78 Å². The third kappa shape index (κ3) is 5.58. The van der Waals surface area contributed by atoms with Gasteiger partial charge in [0.1, 0.15) is 24.8 Å². The molecule has 34 heavy (non-hydrogen) atoms. The van der Waals surface area contributed by atoms with E-state index in [0.717, 1.165) is 0 Å². The Morgan fingerprint density at radius 3 is 2.53 bits per heavy atom. The molecule has 3 aromatic rings. The summed E-state index contributed by atoms with van der Waals surface area (Å²) in [5, 5.41) is 6.90. The summed E-state index contributed by atoms with van der Waals surface area (Å²) in [6, 6.07) is 12.1. The fourth-order valence-electron chi connectivity index (χ4n) is 3.34. The fraction of sp³-hybridized carbons (Fsp3) is 0.250. The number of hydrogen-bond acceptors (Lipinski definition) is 7. The van der Waals surface area contributed by atoms with Crippen LogP contribution in [0.15, 0.2) is 48.5 Å². The second kappa shape index (κ2) is 10.2. The average molecular weight is 467 g/mol. The Kier molecular flexibility index (Phi) is 6.86. The van der Waals surface area contributed by atoms with Gasteiger partial charge in [-0.1, -0.05) is 0 Å². The Hall–Kier alpha value is -4.21. The maximum absolute atomic E-state index is 13.2. The van der Waals surface area contributed by atoms with Gasteiger partial charge in [0.2, 0.25) is 0 Å². The minimum atomic E-state index is -0.677. The van der Waals surface area contributed by atoms with Crippen LogP contribution in [0.4, 0.5) is 10.2 Å². The molecule has 4 rings (SSSR count). The van der Waals surface area contributed by atoms with Gasteiger partial charge in [0.25, 0.3) is 5.91 Å². The summed E-state index contributed by atoms with van der Waals surface area (Å²) in [6.07, 6.45) is -0.246. The molecule has 0 fully saturated rings. The molecule has 10 heteroatoms. The number of ketones is 1. The highest BCUT2D eigenvalue weighted by Crippen LogP contribution is 2.31. The average Bonchev–Trinajstić information content (AvgIpc) is 3.21. The molecule has 1 aromatic heterocycles. The highest BCUT2D eigenvalue weighted by atomic mass is 19.1. The monoisotopic (exact) mass is 467 g/mol. The van der Waals surface area contributed by atoms with Crippen LogP contribution in [-0.4, -0.2) is 47.3 Å². The predicted octanol–water partition coefficient (Wildman–Crippen LogP) is 3.24. The van der Waals surface area contributed by atoms with Crippen LogP contribution < -0.4 is 14.8 Å². The number of halogens is 1. The zero-order valence-corrected chi connectivity index (χ0v) is 18.4. The molecular weight excluding hydrogens is 445 g/mol. The van der Waals surface area contributed by atoms with Gasteiger partial charge in [-0.05, 0) is 49.4 Å². The summed E-state index contributed by atoms with van der Waals surface area (Å²) < 4.78 is 30.5. The lowest BCUT2D eigenvalue weighted by molar-refractivity contribution is -0.147. The Bertz CT molecular complexity index is 1220. The van der Waals surface area contributed by atoms with E-state index >= 15 is 0 Å². The number of aryl methyl sites for hydroxylation is 1. The number of benzene rings is 2. The van der Waals surface area contributed by atoms with Crippen molar-refractivity contribution in [2.75, 3.05) is 25.1 Å². The SMILES string of the molecule is Cc1cc(NC(=O)COC(=O)CCC(=O)c2ccc3c(c2)OCCO3)n(-c2ccc(F)cc2)n1. The number of amides is 1. The van der Waals surface area contributed by atoms with E-state index in [1.54, 1.807) is 31.2 Å². The Morgan fingerprint density at radius 2 is 1.76 bits per heavy atom. The molecule has 2 heterocycles. The number of anilines is 1. The minimum absolute atomic E-state index is 0.0728. The van der Waals surface area contributed by atoms with E-state index in [0.29, 0.717) is 47.5 Å². The molecule has 1 N–H and O–H groups in total. The van der Waals surface area contributed by atoms with Crippen molar-refractivity contribution in [3.05, 3.63) is 65.6 Å². The smallest absolute Gasteiger partial charge is 0.306 e. The number of carbonyl (C=O) groups excluding carboxylic acids is 3. The maximum Gasteiger partial charge on any atom is 0.306 e. The first-order valence-corrected chi connectivity index (χ1v) is 10.6. The normalized spacial score (nSPS) is 12.2. The number of ether oxygens (including phenoxy) is 3. The topological polar surface area (TPSA) is 109 Å². The van der Waals surface area contributed by atoms with Gasteiger partial charge < -0.3 is 19.5 Å². The predicted molar refractivity (Wildman–Crippen MR) is 119 cm³/mol. The zero-order valence-electron chi connectivity index (χ0n) is 18.4. The van der Waals surface area contributed by atoms with E-state index in [9.17, 15) is 18.8 Å². The molecule has 0 aliphatic carbocycles. The summed E-state index contributed by atoms with van der Waals surface area (Å²) in [5.74, 6) is -0.483. The first-order valence-electron chi connectivity index (χ1n) is 10.6. The third-order valence-electron chi connectivity index (χ3n) is 4.95. The first kappa shape index (κ1) is 23.0. The van der Waals surface area contributed by atoms with Gasteiger partial charge in [0.15, 0.2) is 23.9 Å². The number of aromatic nitrogens is 2. The Balaban J connectivity index is 1.26. The number of nitrogens with one attached hydrogen (secondary N) is 1. The van der Waals surface area contributed by atoms with Gasteiger partial charge in [0.05, 0.1) is 17.8 Å². The van der Waals surface area contributed by atoms with Crippen LogP contribution in [0.2, 0.25) is 0 Å². The van der Waals surface area contributed by atoms with Crippen LogP contribution in [0, 0.1) is 12.7 Å². The van der Waals surface area contributed by atoms with E-state index in [-0.39, 0.29) is 18.6 Å². The molecule has 1 aliphatic rings. The molecule has 0 bridgehead atoms. The van der Waals surface area contributed by atoms with Crippen LogP contribution >= 0.6 is 0 Å². The quantitative estimate of drug-likeness (QED) is 0.400. The van der Waals surface area contributed by atoms with E-state index < -0.39 is 24.3 Å². The van der Waals surface area contributed by atoms with Crippen molar-refractivity contribution in [1.29, 1.82) is 0 Å². The van der Waals surface area contributed by atoms with Gasteiger partial charge in [-0.15, -0.1) is 0 Å². The minimum Gasteiger partial charge on any atom is -0.486 e. The summed E-state index contributed by atoms with van der Waals surface area (Å²) in [4.78, 5) is 36.7. The van der Waals surface area contributed by atoms with Gasteiger partial charge in [-0.25, -0.2) is 9.07 Å². The molecule has 1 aliphatic heterocycles. The van der Waals surface area contributed by atoms with Gasteiger partial charge in [-0.3, -0.25) is 14.4 Å². The van der Waals surface area contributed by atoms with Crippen LogP contribution in [0.1, 0.15) is 28.9 Å². The number of hydrogen-bond donors (Lipinski definition) is 1. The molecule has 0 saturated heterocycles. The van der Waals surface area contributed by atoms with Crippen LogP contribution in [-0.2, 0) is 14.3 Å². The number of nitrogens with zero attached hydrogens (tertiary/aromatic N) is 2. The molecule has 0 saturated carbocycles. The van der Waals surface area contributed by atoms with Crippen molar-refractivity contribution in [3.63, 3.8) is 0 Å². The van der Waals surface area contributed by atoms with Crippen LogP contribution in [0.25, 0.3) is 5.69 Å². The van der Waals surface area contributed by atoms with Gasteiger partial charge in [-0.2, -0.15) is 5.10 Å².